The quantitative estimate of drug-likeness (QED) is 0.759. The average Bonchev–Trinajstić information content (AvgIpc) is 2.55. The van der Waals surface area contributed by atoms with Gasteiger partial charge in [0.15, 0.2) is 0 Å². The van der Waals surface area contributed by atoms with Gasteiger partial charge < -0.3 is 10.1 Å². The van der Waals surface area contributed by atoms with Crippen LogP contribution in [0.3, 0.4) is 0 Å². The van der Waals surface area contributed by atoms with Gasteiger partial charge in [-0.15, -0.1) is 0 Å². The van der Waals surface area contributed by atoms with E-state index in [9.17, 15) is 9.18 Å². The van der Waals surface area contributed by atoms with E-state index in [4.69, 9.17) is 4.74 Å². The van der Waals surface area contributed by atoms with Gasteiger partial charge in [0.1, 0.15) is 18.2 Å². The third kappa shape index (κ3) is 4.55. The maximum atomic E-state index is 14.1. The molecule has 0 aliphatic rings. The van der Waals surface area contributed by atoms with Crippen LogP contribution in [0.15, 0.2) is 40.9 Å². The van der Waals surface area contributed by atoms with E-state index >= 15 is 0 Å². The van der Waals surface area contributed by atoms with Crippen molar-refractivity contribution < 1.29 is 13.9 Å². The first-order valence-corrected chi connectivity index (χ1v) is 8.32. The number of ether oxygens (including phenoxy) is 1. The van der Waals surface area contributed by atoms with Crippen LogP contribution in [0, 0.1) is 5.82 Å². The van der Waals surface area contributed by atoms with Gasteiger partial charge in [-0.05, 0) is 52.2 Å². The molecule has 3 nitrogen and oxygen atoms in total. The summed E-state index contributed by atoms with van der Waals surface area (Å²) in [6, 6.07) is 10.4. The van der Waals surface area contributed by atoms with Crippen LogP contribution in [0.5, 0.6) is 5.75 Å². The van der Waals surface area contributed by atoms with E-state index in [0.717, 1.165) is 10.9 Å². The Morgan fingerprint density at radius 1 is 1.26 bits per heavy atom. The highest BCUT2D eigenvalue weighted by atomic mass is 79.9. The van der Waals surface area contributed by atoms with E-state index in [1.807, 2.05) is 18.2 Å². The van der Waals surface area contributed by atoms with Gasteiger partial charge in [-0.25, -0.2) is 4.39 Å². The van der Waals surface area contributed by atoms with Crippen LogP contribution in [0.2, 0.25) is 0 Å². The predicted molar refractivity (Wildman–Crippen MR) is 93.2 cm³/mol. The number of hydrogen-bond acceptors (Lipinski definition) is 2. The molecule has 0 aliphatic carbocycles. The van der Waals surface area contributed by atoms with E-state index in [2.05, 4.69) is 28.2 Å². The van der Waals surface area contributed by atoms with Gasteiger partial charge in [-0.1, -0.05) is 26.0 Å². The fourth-order valence-corrected chi connectivity index (χ4v) is 2.63. The first kappa shape index (κ1) is 17.5. The number of amides is 1. The van der Waals surface area contributed by atoms with Gasteiger partial charge in [-0.2, -0.15) is 0 Å². The zero-order valence-electron chi connectivity index (χ0n) is 13.2. The summed E-state index contributed by atoms with van der Waals surface area (Å²) in [6.07, 6.45) is 1.26. The van der Waals surface area contributed by atoms with Gasteiger partial charge >= 0.3 is 0 Å². The number of carbonyl (C=O) groups excluding carboxylic acids is 1. The van der Waals surface area contributed by atoms with Crippen molar-refractivity contribution in [1.82, 2.24) is 0 Å². The Labute approximate surface area is 144 Å². The summed E-state index contributed by atoms with van der Waals surface area (Å²) in [5, 5.41) is 2.70. The molecule has 0 spiro atoms. The summed E-state index contributed by atoms with van der Waals surface area (Å²) in [7, 11) is 0. The molecule has 2 aromatic carbocycles. The van der Waals surface area contributed by atoms with Crippen molar-refractivity contribution in [3.63, 3.8) is 0 Å². The van der Waals surface area contributed by atoms with Crippen LogP contribution in [0.1, 0.15) is 31.4 Å². The van der Waals surface area contributed by atoms with Crippen molar-refractivity contribution in [2.24, 2.45) is 0 Å². The highest BCUT2D eigenvalue weighted by Gasteiger charge is 2.12. The summed E-state index contributed by atoms with van der Waals surface area (Å²) in [6.45, 7) is 3.86. The molecule has 0 aliphatic heterocycles. The molecule has 0 saturated carbocycles. The predicted octanol–water partition coefficient (Wildman–Crippen LogP) is 5.08. The number of halogens is 2. The third-order valence-electron chi connectivity index (χ3n) is 3.49. The first-order valence-electron chi connectivity index (χ1n) is 7.53. The maximum Gasteiger partial charge on any atom is 0.224 e. The summed E-state index contributed by atoms with van der Waals surface area (Å²) < 4.78 is 20.6. The maximum absolute atomic E-state index is 14.1. The minimum Gasteiger partial charge on any atom is -0.488 e. The highest BCUT2D eigenvalue weighted by molar-refractivity contribution is 9.10. The molecule has 0 unspecified atom stereocenters. The minimum atomic E-state index is -0.403. The van der Waals surface area contributed by atoms with Crippen LogP contribution in [0.4, 0.5) is 10.1 Å². The summed E-state index contributed by atoms with van der Waals surface area (Å²) in [5.74, 6) is 0.0729. The molecule has 0 aromatic heterocycles. The Hall–Kier alpha value is -1.88. The van der Waals surface area contributed by atoms with Crippen molar-refractivity contribution >= 4 is 27.5 Å². The Morgan fingerprint density at radius 3 is 2.70 bits per heavy atom. The molecule has 1 amide bonds. The lowest BCUT2D eigenvalue weighted by molar-refractivity contribution is -0.115. The summed E-state index contributed by atoms with van der Waals surface area (Å²) >= 11 is 3.46. The van der Waals surface area contributed by atoms with Gasteiger partial charge in [0.05, 0.1) is 10.2 Å². The molecule has 0 bridgehead atoms. The van der Waals surface area contributed by atoms with Crippen molar-refractivity contribution in [2.75, 3.05) is 5.32 Å². The van der Waals surface area contributed by atoms with E-state index < -0.39 is 5.82 Å². The lowest BCUT2D eigenvalue weighted by Gasteiger charge is -2.14. The van der Waals surface area contributed by atoms with Crippen LogP contribution in [0.25, 0.3) is 0 Å². The van der Waals surface area contributed by atoms with Crippen molar-refractivity contribution in [3.8, 4) is 5.75 Å². The molecule has 0 radical (unpaired) electrons. The van der Waals surface area contributed by atoms with E-state index in [1.54, 1.807) is 19.1 Å². The Bertz CT molecular complexity index is 703. The molecule has 122 valence electrons. The smallest absolute Gasteiger partial charge is 0.224 e. The summed E-state index contributed by atoms with van der Waals surface area (Å²) in [4.78, 5) is 11.6. The zero-order valence-corrected chi connectivity index (χ0v) is 14.7. The highest BCUT2D eigenvalue weighted by Crippen LogP contribution is 2.28. The molecule has 2 aromatic rings. The number of nitrogens with one attached hydrogen (secondary N) is 1. The number of benzene rings is 2. The van der Waals surface area contributed by atoms with E-state index in [-0.39, 0.29) is 12.5 Å². The van der Waals surface area contributed by atoms with Gasteiger partial charge in [-0.3, -0.25) is 4.79 Å². The fraction of sp³-hybridized carbons (Fsp3) is 0.278. The molecule has 0 saturated heterocycles. The minimum absolute atomic E-state index is 0.0378. The van der Waals surface area contributed by atoms with E-state index in [1.165, 1.54) is 11.6 Å². The standard InChI is InChI=1S/C18H19BrFNO2/c1-3-12-8-9-17(14(19)10-12)23-11-13-15(20)6-5-7-16(13)21-18(22)4-2/h5-10H,3-4,11H2,1-2H3,(H,21,22). The lowest BCUT2D eigenvalue weighted by Crippen LogP contribution is -2.13. The van der Waals surface area contributed by atoms with Crippen molar-refractivity contribution in [1.29, 1.82) is 0 Å². The Kier molecular flexibility index (Phi) is 6.16. The molecule has 2 rings (SSSR count). The van der Waals surface area contributed by atoms with Crippen molar-refractivity contribution in [2.45, 2.75) is 33.3 Å². The second-order valence-corrected chi connectivity index (χ2v) is 5.93. The van der Waals surface area contributed by atoms with Gasteiger partial charge in [0.2, 0.25) is 5.91 Å². The number of anilines is 1. The lowest BCUT2D eigenvalue weighted by atomic mass is 10.1. The fourth-order valence-electron chi connectivity index (χ4n) is 2.09. The van der Waals surface area contributed by atoms with Crippen LogP contribution in [-0.2, 0) is 17.8 Å². The molecule has 0 atom stereocenters. The summed E-state index contributed by atoms with van der Waals surface area (Å²) in [5.41, 5.74) is 1.96. The molecule has 0 fully saturated rings. The van der Waals surface area contributed by atoms with Crippen LogP contribution in [-0.4, -0.2) is 5.91 Å². The van der Waals surface area contributed by atoms with Gasteiger partial charge in [0, 0.05) is 12.0 Å². The number of hydrogen-bond donors (Lipinski definition) is 1. The Balaban J connectivity index is 2.18. The number of rotatable bonds is 6. The second kappa shape index (κ2) is 8.11. The number of carbonyl (C=O) groups is 1. The normalized spacial score (nSPS) is 10.4. The monoisotopic (exact) mass is 379 g/mol. The molecule has 23 heavy (non-hydrogen) atoms. The zero-order chi connectivity index (χ0) is 16.8. The second-order valence-electron chi connectivity index (χ2n) is 5.07. The van der Waals surface area contributed by atoms with Crippen molar-refractivity contribution in [3.05, 3.63) is 57.8 Å². The SMILES string of the molecule is CCC(=O)Nc1cccc(F)c1COc1ccc(CC)cc1Br. The molecular formula is C18H19BrFNO2. The van der Waals surface area contributed by atoms with E-state index in [0.29, 0.717) is 23.4 Å². The largest absolute Gasteiger partial charge is 0.488 e. The number of aryl methyl sites for hydroxylation is 1. The molecule has 5 heteroatoms. The molecule has 1 N–H and O–H groups in total. The third-order valence-corrected chi connectivity index (χ3v) is 4.11. The van der Waals surface area contributed by atoms with Crippen LogP contribution >= 0.6 is 15.9 Å². The topological polar surface area (TPSA) is 38.3 Å². The van der Waals surface area contributed by atoms with Crippen LogP contribution < -0.4 is 10.1 Å². The molecular weight excluding hydrogens is 361 g/mol. The average molecular weight is 380 g/mol. The first-order chi connectivity index (χ1) is 11.0. The molecule has 0 heterocycles. The van der Waals surface area contributed by atoms with Gasteiger partial charge in [0.25, 0.3) is 0 Å². The Morgan fingerprint density at radius 2 is 2.04 bits per heavy atom.